The van der Waals surface area contributed by atoms with E-state index in [9.17, 15) is 4.79 Å². The first-order valence-electron chi connectivity index (χ1n) is 6.55. The Balaban J connectivity index is 1.96. The molecule has 1 saturated heterocycles. The van der Waals surface area contributed by atoms with E-state index in [2.05, 4.69) is 14.9 Å². The summed E-state index contributed by atoms with van der Waals surface area (Å²) in [6.07, 6.45) is 9.22. The van der Waals surface area contributed by atoms with Crippen molar-refractivity contribution in [3.8, 4) is 0 Å². The lowest BCUT2D eigenvalue weighted by Crippen LogP contribution is -2.52. The van der Waals surface area contributed by atoms with Gasteiger partial charge < -0.3 is 5.73 Å². The summed E-state index contributed by atoms with van der Waals surface area (Å²) in [4.78, 5) is 22.7. The van der Waals surface area contributed by atoms with Crippen molar-refractivity contribution in [2.24, 2.45) is 11.7 Å². The molecule has 2 aliphatic rings. The Bertz CT molecular complexity index is 446. The van der Waals surface area contributed by atoms with Crippen molar-refractivity contribution in [2.75, 3.05) is 13.1 Å². The Morgan fingerprint density at radius 3 is 2.94 bits per heavy atom. The Labute approximate surface area is 106 Å². The molecule has 1 saturated carbocycles. The predicted molar refractivity (Wildman–Crippen MR) is 66.4 cm³/mol. The first kappa shape index (κ1) is 11.6. The van der Waals surface area contributed by atoms with Crippen LogP contribution in [-0.2, 0) is 10.3 Å². The van der Waals surface area contributed by atoms with Gasteiger partial charge in [-0.15, -0.1) is 0 Å². The number of primary amides is 1. The molecule has 0 spiro atoms. The molecule has 1 aliphatic carbocycles. The van der Waals surface area contributed by atoms with Crippen molar-refractivity contribution in [3.05, 3.63) is 24.3 Å². The highest BCUT2D eigenvalue weighted by Gasteiger charge is 2.50. The SMILES string of the molecule is NC(=O)C1(c2cnccn2)CCCN1CC1CC1. The van der Waals surface area contributed by atoms with E-state index in [1.165, 1.54) is 12.8 Å². The van der Waals surface area contributed by atoms with Crippen LogP contribution >= 0.6 is 0 Å². The van der Waals surface area contributed by atoms with E-state index in [1.54, 1.807) is 18.6 Å². The summed E-state index contributed by atoms with van der Waals surface area (Å²) in [5.41, 5.74) is 5.68. The summed E-state index contributed by atoms with van der Waals surface area (Å²) in [6.45, 7) is 1.88. The minimum atomic E-state index is -0.725. The average molecular weight is 246 g/mol. The van der Waals surface area contributed by atoms with E-state index in [1.807, 2.05) is 0 Å². The van der Waals surface area contributed by atoms with Crippen molar-refractivity contribution in [3.63, 3.8) is 0 Å². The van der Waals surface area contributed by atoms with E-state index in [0.29, 0.717) is 5.69 Å². The van der Waals surface area contributed by atoms with Crippen molar-refractivity contribution in [1.82, 2.24) is 14.9 Å². The Hall–Kier alpha value is -1.49. The fraction of sp³-hybridized carbons (Fsp3) is 0.615. The number of hydrogen-bond acceptors (Lipinski definition) is 4. The molecular weight excluding hydrogens is 228 g/mol. The number of rotatable bonds is 4. The summed E-state index contributed by atoms with van der Waals surface area (Å²) in [6, 6.07) is 0. The molecule has 2 N–H and O–H groups in total. The maximum absolute atomic E-state index is 12.0. The Kier molecular flexibility index (Phi) is 2.78. The second kappa shape index (κ2) is 4.31. The molecule has 96 valence electrons. The van der Waals surface area contributed by atoms with Crippen LogP contribution in [0.3, 0.4) is 0 Å². The van der Waals surface area contributed by atoms with Gasteiger partial charge >= 0.3 is 0 Å². The molecule has 1 aromatic rings. The molecule has 1 aromatic heterocycles. The molecule has 1 aliphatic heterocycles. The highest BCUT2D eigenvalue weighted by Crippen LogP contribution is 2.41. The second-order valence-corrected chi connectivity index (χ2v) is 5.31. The largest absolute Gasteiger partial charge is 0.368 e. The van der Waals surface area contributed by atoms with Crippen molar-refractivity contribution in [1.29, 1.82) is 0 Å². The number of hydrogen-bond donors (Lipinski definition) is 1. The smallest absolute Gasteiger partial charge is 0.244 e. The number of carbonyl (C=O) groups is 1. The zero-order valence-corrected chi connectivity index (χ0v) is 10.4. The fourth-order valence-corrected chi connectivity index (χ4v) is 2.94. The van der Waals surface area contributed by atoms with Crippen LogP contribution in [0, 0.1) is 5.92 Å². The predicted octanol–water partition coefficient (Wildman–Crippen LogP) is 0.663. The van der Waals surface area contributed by atoms with Crippen LogP contribution < -0.4 is 5.73 Å². The molecule has 5 heteroatoms. The van der Waals surface area contributed by atoms with Crippen LogP contribution in [0.25, 0.3) is 0 Å². The molecule has 0 bridgehead atoms. The zero-order valence-electron chi connectivity index (χ0n) is 10.4. The van der Waals surface area contributed by atoms with Gasteiger partial charge in [0, 0.05) is 18.9 Å². The lowest BCUT2D eigenvalue weighted by atomic mass is 9.91. The monoisotopic (exact) mass is 246 g/mol. The minimum Gasteiger partial charge on any atom is -0.368 e. The number of nitrogens with two attached hydrogens (primary N) is 1. The molecular formula is C13H18N4O. The first-order valence-corrected chi connectivity index (χ1v) is 6.55. The molecule has 18 heavy (non-hydrogen) atoms. The van der Waals surface area contributed by atoms with Crippen LogP contribution in [0.4, 0.5) is 0 Å². The molecule has 2 fully saturated rings. The van der Waals surface area contributed by atoms with Gasteiger partial charge in [-0.2, -0.15) is 0 Å². The topological polar surface area (TPSA) is 72.1 Å². The number of aromatic nitrogens is 2. The highest BCUT2D eigenvalue weighted by molar-refractivity contribution is 5.86. The van der Waals surface area contributed by atoms with E-state index in [0.717, 1.165) is 31.8 Å². The molecule has 5 nitrogen and oxygen atoms in total. The first-order chi connectivity index (χ1) is 8.73. The fourth-order valence-electron chi connectivity index (χ4n) is 2.94. The lowest BCUT2D eigenvalue weighted by molar-refractivity contribution is -0.129. The number of likely N-dealkylation sites (tertiary alicyclic amines) is 1. The Morgan fingerprint density at radius 2 is 2.33 bits per heavy atom. The summed E-state index contributed by atoms with van der Waals surface area (Å²) in [5.74, 6) is 0.444. The van der Waals surface area contributed by atoms with Gasteiger partial charge in [-0.3, -0.25) is 19.7 Å². The third-order valence-electron chi connectivity index (χ3n) is 4.08. The molecule has 0 aromatic carbocycles. The second-order valence-electron chi connectivity index (χ2n) is 5.31. The van der Waals surface area contributed by atoms with Gasteiger partial charge in [0.1, 0.15) is 5.54 Å². The summed E-state index contributed by atoms with van der Waals surface area (Å²) < 4.78 is 0. The molecule has 1 atom stereocenters. The van der Waals surface area contributed by atoms with Crippen LogP contribution in [0.15, 0.2) is 18.6 Å². The quantitative estimate of drug-likeness (QED) is 0.847. The van der Waals surface area contributed by atoms with E-state index >= 15 is 0 Å². The molecule has 1 amide bonds. The van der Waals surface area contributed by atoms with Crippen LogP contribution in [0.5, 0.6) is 0 Å². The standard InChI is InChI=1S/C13H18N4O/c14-12(18)13(11-8-15-5-6-16-11)4-1-7-17(13)9-10-2-3-10/h5-6,8,10H,1-4,7,9H2,(H2,14,18). The van der Waals surface area contributed by atoms with E-state index in [-0.39, 0.29) is 5.91 Å². The summed E-state index contributed by atoms with van der Waals surface area (Å²) in [7, 11) is 0. The van der Waals surface area contributed by atoms with Gasteiger partial charge in [0.05, 0.1) is 11.9 Å². The Morgan fingerprint density at radius 1 is 1.50 bits per heavy atom. The highest BCUT2D eigenvalue weighted by atomic mass is 16.1. The van der Waals surface area contributed by atoms with Crippen LogP contribution in [0.2, 0.25) is 0 Å². The third kappa shape index (κ3) is 1.79. The van der Waals surface area contributed by atoms with Gasteiger partial charge in [-0.25, -0.2) is 0 Å². The van der Waals surface area contributed by atoms with Gasteiger partial charge in [-0.05, 0) is 38.1 Å². The summed E-state index contributed by atoms with van der Waals surface area (Å²) in [5, 5.41) is 0. The van der Waals surface area contributed by atoms with Crippen molar-refractivity contribution >= 4 is 5.91 Å². The minimum absolute atomic E-state index is 0.291. The van der Waals surface area contributed by atoms with Crippen molar-refractivity contribution in [2.45, 2.75) is 31.2 Å². The molecule has 3 rings (SSSR count). The van der Waals surface area contributed by atoms with Gasteiger partial charge in [0.15, 0.2) is 0 Å². The number of amides is 1. The molecule has 2 heterocycles. The van der Waals surface area contributed by atoms with E-state index < -0.39 is 5.54 Å². The van der Waals surface area contributed by atoms with Crippen molar-refractivity contribution < 1.29 is 4.79 Å². The van der Waals surface area contributed by atoms with Gasteiger partial charge in [-0.1, -0.05) is 0 Å². The average Bonchev–Trinajstić information content (AvgIpc) is 3.08. The molecule has 1 unspecified atom stereocenters. The summed E-state index contributed by atoms with van der Waals surface area (Å²) >= 11 is 0. The van der Waals surface area contributed by atoms with Crippen LogP contribution in [-0.4, -0.2) is 33.9 Å². The maximum atomic E-state index is 12.0. The van der Waals surface area contributed by atoms with E-state index in [4.69, 9.17) is 5.73 Å². The lowest BCUT2D eigenvalue weighted by Gasteiger charge is -2.35. The van der Waals surface area contributed by atoms with Gasteiger partial charge in [0.2, 0.25) is 5.91 Å². The maximum Gasteiger partial charge on any atom is 0.244 e. The number of carbonyl (C=O) groups excluding carboxylic acids is 1. The zero-order chi connectivity index (χ0) is 12.6. The molecule has 0 radical (unpaired) electrons. The normalized spacial score (nSPS) is 28.4. The third-order valence-corrected chi connectivity index (χ3v) is 4.08. The van der Waals surface area contributed by atoms with Crippen LogP contribution in [0.1, 0.15) is 31.4 Å². The van der Waals surface area contributed by atoms with Gasteiger partial charge in [0.25, 0.3) is 0 Å². The number of nitrogens with zero attached hydrogens (tertiary/aromatic N) is 3.